The number of carbonyl (C=O) groups is 2. The number of ketones is 1. The minimum Gasteiger partial charge on any atom is -0.507 e. The second kappa shape index (κ2) is 9.54. The molecule has 1 aliphatic heterocycles. The minimum atomic E-state index is -0.811. The molecule has 3 rings (SSSR count). The lowest BCUT2D eigenvalue weighted by molar-refractivity contribution is -0.140. The number of aliphatic hydroxyl groups is 1. The van der Waals surface area contributed by atoms with Crippen molar-refractivity contribution >= 4 is 17.4 Å². The maximum absolute atomic E-state index is 13.5. The first-order chi connectivity index (χ1) is 14.5. The second-order valence-corrected chi connectivity index (χ2v) is 6.85. The Bertz CT molecular complexity index is 937. The summed E-state index contributed by atoms with van der Waals surface area (Å²) in [6.45, 7) is 3.04. The first-order valence-corrected chi connectivity index (χ1v) is 9.74. The highest BCUT2D eigenvalue weighted by atomic mass is 19.1. The van der Waals surface area contributed by atoms with Gasteiger partial charge in [0.1, 0.15) is 17.3 Å². The third kappa shape index (κ3) is 4.36. The van der Waals surface area contributed by atoms with E-state index in [0.29, 0.717) is 36.5 Å². The van der Waals surface area contributed by atoms with Crippen LogP contribution in [0.2, 0.25) is 0 Å². The third-order valence-electron chi connectivity index (χ3n) is 4.91. The van der Waals surface area contributed by atoms with Crippen molar-refractivity contribution in [2.75, 3.05) is 26.9 Å². The van der Waals surface area contributed by atoms with Gasteiger partial charge in [-0.05, 0) is 55.3 Å². The van der Waals surface area contributed by atoms with E-state index < -0.39 is 23.5 Å². The van der Waals surface area contributed by atoms with Gasteiger partial charge in [0.2, 0.25) is 0 Å². The van der Waals surface area contributed by atoms with Crippen LogP contribution < -0.4 is 4.74 Å². The van der Waals surface area contributed by atoms with Gasteiger partial charge in [0, 0.05) is 25.8 Å². The molecular formula is C23H24FNO5. The van der Waals surface area contributed by atoms with Crippen LogP contribution in [0.15, 0.2) is 54.1 Å². The predicted octanol–water partition coefficient (Wildman–Crippen LogP) is 3.68. The molecule has 1 amide bonds. The van der Waals surface area contributed by atoms with Gasteiger partial charge in [0.15, 0.2) is 0 Å². The molecule has 1 N–H and O–H groups in total. The van der Waals surface area contributed by atoms with E-state index in [1.165, 1.54) is 29.2 Å². The monoisotopic (exact) mass is 413 g/mol. The molecule has 0 radical (unpaired) electrons. The fraction of sp³-hybridized carbons (Fsp3) is 0.304. The lowest BCUT2D eigenvalue weighted by Crippen LogP contribution is -2.31. The first kappa shape index (κ1) is 21.5. The molecule has 0 spiro atoms. The zero-order chi connectivity index (χ0) is 21.7. The Balaban J connectivity index is 2.06. The molecule has 7 heteroatoms. The van der Waals surface area contributed by atoms with Crippen LogP contribution in [-0.2, 0) is 14.3 Å². The standard InChI is InChI=1S/C23H24FNO5/c1-3-30-18-11-7-16(8-12-18)21(26)19-20(15-5-9-17(24)10-6-15)25(13-4-14-29-2)23(28)22(19)27/h5-12,20,26H,3-4,13-14H2,1-2H3/b21-19+. The van der Waals surface area contributed by atoms with Crippen LogP contribution in [0.4, 0.5) is 4.39 Å². The van der Waals surface area contributed by atoms with Gasteiger partial charge in [-0.2, -0.15) is 0 Å². The summed E-state index contributed by atoms with van der Waals surface area (Å²) >= 11 is 0. The molecule has 1 unspecified atom stereocenters. The van der Waals surface area contributed by atoms with Crippen LogP contribution in [0.1, 0.15) is 30.5 Å². The van der Waals surface area contributed by atoms with Crippen molar-refractivity contribution in [2.24, 2.45) is 0 Å². The van der Waals surface area contributed by atoms with Gasteiger partial charge in [0.05, 0.1) is 18.2 Å². The first-order valence-electron chi connectivity index (χ1n) is 9.74. The highest BCUT2D eigenvalue weighted by Gasteiger charge is 2.45. The number of Topliss-reactive ketones (excluding diaryl/α,β-unsaturated/α-hetero) is 1. The molecule has 0 bridgehead atoms. The molecule has 2 aromatic carbocycles. The van der Waals surface area contributed by atoms with E-state index in [9.17, 15) is 19.1 Å². The zero-order valence-corrected chi connectivity index (χ0v) is 16.9. The molecule has 158 valence electrons. The number of carbonyl (C=O) groups excluding carboxylic acids is 2. The fourth-order valence-electron chi connectivity index (χ4n) is 3.51. The van der Waals surface area contributed by atoms with Crippen molar-refractivity contribution in [3.8, 4) is 5.75 Å². The molecule has 0 aromatic heterocycles. The quantitative estimate of drug-likeness (QED) is 0.309. The highest BCUT2D eigenvalue weighted by Crippen LogP contribution is 2.39. The number of rotatable bonds is 8. The number of amides is 1. The van der Waals surface area contributed by atoms with Crippen molar-refractivity contribution in [1.82, 2.24) is 4.90 Å². The summed E-state index contributed by atoms with van der Waals surface area (Å²) in [5, 5.41) is 10.9. The third-order valence-corrected chi connectivity index (χ3v) is 4.91. The number of halogens is 1. The summed E-state index contributed by atoms with van der Waals surface area (Å²) in [5.41, 5.74) is 0.911. The van der Waals surface area contributed by atoms with Crippen molar-refractivity contribution in [3.63, 3.8) is 0 Å². The maximum Gasteiger partial charge on any atom is 0.295 e. The van der Waals surface area contributed by atoms with Crippen LogP contribution in [-0.4, -0.2) is 48.6 Å². The SMILES string of the molecule is CCOc1ccc(/C(O)=C2\C(=O)C(=O)N(CCCOC)C2c2ccc(F)cc2)cc1. The fourth-order valence-corrected chi connectivity index (χ4v) is 3.51. The van der Waals surface area contributed by atoms with Gasteiger partial charge in [-0.1, -0.05) is 12.1 Å². The van der Waals surface area contributed by atoms with E-state index in [2.05, 4.69) is 0 Å². The average Bonchev–Trinajstić information content (AvgIpc) is 3.00. The van der Waals surface area contributed by atoms with Crippen LogP contribution in [0.3, 0.4) is 0 Å². The summed E-state index contributed by atoms with van der Waals surface area (Å²) < 4.78 is 23.9. The van der Waals surface area contributed by atoms with E-state index in [1.807, 2.05) is 6.92 Å². The number of ether oxygens (including phenoxy) is 2. The van der Waals surface area contributed by atoms with E-state index >= 15 is 0 Å². The number of methoxy groups -OCH3 is 1. The van der Waals surface area contributed by atoms with Crippen LogP contribution >= 0.6 is 0 Å². The summed E-state index contributed by atoms with van der Waals surface area (Å²) in [5.74, 6) is -1.55. The minimum absolute atomic E-state index is 0.0202. The van der Waals surface area contributed by atoms with Crippen molar-refractivity contribution in [2.45, 2.75) is 19.4 Å². The maximum atomic E-state index is 13.5. The Morgan fingerprint density at radius 1 is 1.10 bits per heavy atom. The molecule has 1 saturated heterocycles. The van der Waals surface area contributed by atoms with E-state index in [1.54, 1.807) is 31.4 Å². The molecule has 1 fully saturated rings. The lowest BCUT2D eigenvalue weighted by atomic mass is 9.95. The van der Waals surface area contributed by atoms with Crippen LogP contribution in [0.5, 0.6) is 5.75 Å². The van der Waals surface area contributed by atoms with E-state index in [4.69, 9.17) is 9.47 Å². The summed E-state index contributed by atoms with van der Waals surface area (Å²) in [6, 6.07) is 11.4. The molecule has 6 nitrogen and oxygen atoms in total. The molecule has 30 heavy (non-hydrogen) atoms. The molecule has 2 aromatic rings. The number of nitrogens with zero attached hydrogens (tertiary/aromatic N) is 1. The van der Waals surface area contributed by atoms with Gasteiger partial charge in [-0.25, -0.2) is 4.39 Å². The average molecular weight is 413 g/mol. The van der Waals surface area contributed by atoms with E-state index in [-0.39, 0.29) is 17.9 Å². The number of hydrogen-bond donors (Lipinski definition) is 1. The summed E-state index contributed by atoms with van der Waals surface area (Å²) in [6.07, 6.45) is 0.518. The van der Waals surface area contributed by atoms with Crippen molar-refractivity contribution in [1.29, 1.82) is 0 Å². The van der Waals surface area contributed by atoms with Crippen molar-refractivity contribution in [3.05, 3.63) is 71.0 Å². The number of aliphatic hydroxyl groups excluding tert-OH is 1. The number of benzene rings is 2. The highest BCUT2D eigenvalue weighted by molar-refractivity contribution is 6.46. The molecular weight excluding hydrogens is 389 g/mol. The van der Waals surface area contributed by atoms with Gasteiger partial charge in [-0.15, -0.1) is 0 Å². The Labute approximate surface area is 174 Å². The second-order valence-electron chi connectivity index (χ2n) is 6.85. The summed E-state index contributed by atoms with van der Waals surface area (Å²) in [7, 11) is 1.55. The smallest absolute Gasteiger partial charge is 0.295 e. The number of likely N-dealkylation sites (tertiary alicyclic amines) is 1. The molecule has 0 aliphatic carbocycles. The topological polar surface area (TPSA) is 76.1 Å². The Hall–Kier alpha value is -3.19. The molecule has 0 saturated carbocycles. The molecule has 1 heterocycles. The predicted molar refractivity (Wildman–Crippen MR) is 110 cm³/mol. The Kier molecular flexibility index (Phi) is 6.84. The molecule has 1 atom stereocenters. The summed E-state index contributed by atoms with van der Waals surface area (Å²) in [4.78, 5) is 27.0. The lowest BCUT2D eigenvalue weighted by Gasteiger charge is -2.25. The van der Waals surface area contributed by atoms with Crippen molar-refractivity contribution < 1.29 is 28.6 Å². The normalized spacial score (nSPS) is 18.1. The van der Waals surface area contributed by atoms with Gasteiger partial charge in [-0.3, -0.25) is 9.59 Å². The van der Waals surface area contributed by atoms with Gasteiger partial charge >= 0.3 is 0 Å². The molecule has 1 aliphatic rings. The van der Waals surface area contributed by atoms with Gasteiger partial charge in [0.25, 0.3) is 11.7 Å². The zero-order valence-electron chi connectivity index (χ0n) is 16.9. The largest absolute Gasteiger partial charge is 0.507 e. The van der Waals surface area contributed by atoms with E-state index in [0.717, 1.165) is 0 Å². The number of hydrogen-bond acceptors (Lipinski definition) is 5. The Morgan fingerprint density at radius 2 is 1.77 bits per heavy atom. The van der Waals surface area contributed by atoms with Gasteiger partial charge < -0.3 is 19.5 Å². The van der Waals surface area contributed by atoms with Crippen LogP contribution in [0, 0.1) is 5.82 Å². The van der Waals surface area contributed by atoms with Crippen LogP contribution in [0.25, 0.3) is 5.76 Å². The Morgan fingerprint density at radius 3 is 2.37 bits per heavy atom.